The van der Waals surface area contributed by atoms with E-state index in [0.29, 0.717) is 35.4 Å². The van der Waals surface area contributed by atoms with Gasteiger partial charge in [-0.15, -0.1) is 0 Å². The zero-order valence-electron chi connectivity index (χ0n) is 15.3. The smallest absolute Gasteiger partial charge is 0.257 e. The third kappa shape index (κ3) is 4.87. The van der Waals surface area contributed by atoms with E-state index in [1.807, 2.05) is 13.8 Å². The van der Waals surface area contributed by atoms with Gasteiger partial charge in [-0.1, -0.05) is 11.3 Å². The Kier molecular flexibility index (Phi) is 6.27. The van der Waals surface area contributed by atoms with Crippen molar-refractivity contribution in [1.29, 1.82) is 0 Å². The van der Waals surface area contributed by atoms with Gasteiger partial charge in [-0.3, -0.25) is 10.1 Å². The molecule has 0 aliphatic carbocycles. The second kappa shape index (κ2) is 8.85. The van der Waals surface area contributed by atoms with Crippen LogP contribution in [0.3, 0.4) is 0 Å². The number of carbonyl (C=O) groups excluding carboxylic acids is 1. The summed E-state index contributed by atoms with van der Waals surface area (Å²) in [5.74, 6) is 0.864. The Balaban J connectivity index is 1.71. The number of ether oxygens (including phenoxy) is 2. The van der Waals surface area contributed by atoms with E-state index < -0.39 is 5.91 Å². The number of phenolic OH excluding ortho intramolecular Hbond substituents is 1. The summed E-state index contributed by atoms with van der Waals surface area (Å²) in [6, 6.07) is 9.88. The number of rotatable bonds is 6. The maximum atomic E-state index is 12.6. The van der Waals surface area contributed by atoms with Crippen LogP contribution in [0.5, 0.6) is 17.2 Å². The Morgan fingerprint density at radius 1 is 1.14 bits per heavy atom. The Labute approximate surface area is 171 Å². The van der Waals surface area contributed by atoms with Crippen molar-refractivity contribution in [3.05, 3.63) is 42.0 Å². The predicted octanol–water partition coefficient (Wildman–Crippen LogP) is 3.93. The number of nitrogens with zero attached hydrogens (tertiary/aromatic N) is 1. The summed E-state index contributed by atoms with van der Waals surface area (Å²) in [6.45, 7) is 4.68. The molecule has 1 amide bonds. The van der Waals surface area contributed by atoms with Gasteiger partial charge in [-0.25, -0.2) is 4.98 Å². The maximum absolute atomic E-state index is 12.6. The summed E-state index contributed by atoms with van der Waals surface area (Å²) in [4.78, 5) is 16.9. The molecule has 3 aromatic rings. The molecule has 9 heteroatoms. The Hall–Kier alpha value is -2.91. The minimum atomic E-state index is -0.390. The van der Waals surface area contributed by atoms with Crippen LogP contribution in [0.15, 0.2) is 36.4 Å². The molecule has 0 bridgehead atoms. The number of benzene rings is 2. The second-order valence-electron chi connectivity index (χ2n) is 5.64. The molecule has 2 aromatic carbocycles. The molecule has 146 valence electrons. The first-order chi connectivity index (χ1) is 13.5. The van der Waals surface area contributed by atoms with Crippen LogP contribution in [0.25, 0.3) is 10.2 Å². The molecule has 3 rings (SSSR count). The number of aromatic hydroxyl groups is 1. The highest BCUT2D eigenvalue weighted by atomic mass is 32.1. The van der Waals surface area contributed by atoms with Gasteiger partial charge in [0.15, 0.2) is 10.2 Å². The van der Waals surface area contributed by atoms with Gasteiger partial charge in [0.25, 0.3) is 5.91 Å². The normalized spacial score (nSPS) is 10.5. The third-order valence-corrected chi connectivity index (χ3v) is 4.72. The Bertz CT molecular complexity index is 995. The minimum Gasteiger partial charge on any atom is -0.508 e. The van der Waals surface area contributed by atoms with Crippen LogP contribution in [0.1, 0.15) is 24.2 Å². The van der Waals surface area contributed by atoms with E-state index >= 15 is 0 Å². The fraction of sp³-hybridized carbons (Fsp3) is 0.211. The SMILES string of the molecule is CCOc1cc(OCC)cc(C(=O)NC(=S)Nc2nc3ccc(O)cc3s2)c1. The van der Waals surface area contributed by atoms with Gasteiger partial charge >= 0.3 is 0 Å². The molecular formula is C19H19N3O4S2. The summed E-state index contributed by atoms with van der Waals surface area (Å²) in [5, 5.41) is 15.7. The first-order valence-corrected chi connectivity index (χ1v) is 9.83. The van der Waals surface area contributed by atoms with Gasteiger partial charge in [-0.05, 0) is 56.4 Å². The number of thiazole rings is 1. The molecule has 0 saturated heterocycles. The summed E-state index contributed by atoms with van der Waals surface area (Å²) in [5.41, 5.74) is 1.10. The van der Waals surface area contributed by atoms with Gasteiger partial charge in [-0.2, -0.15) is 0 Å². The van der Waals surface area contributed by atoms with E-state index in [0.717, 1.165) is 10.2 Å². The molecule has 0 radical (unpaired) electrons. The number of hydrogen-bond acceptors (Lipinski definition) is 7. The lowest BCUT2D eigenvalue weighted by atomic mass is 10.2. The minimum absolute atomic E-state index is 0.119. The monoisotopic (exact) mass is 417 g/mol. The molecule has 0 atom stereocenters. The first-order valence-electron chi connectivity index (χ1n) is 8.61. The van der Waals surface area contributed by atoms with Gasteiger partial charge < -0.3 is 19.9 Å². The molecule has 3 N–H and O–H groups in total. The van der Waals surface area contributed by atoms with E-state index in [1.165, 1.54) is 11.3 Å². The second-order valence-corrected chi connectivity index (χ2v) is 7.08. The van der Waals surface area contributed by atoms with Gasteiger partial charge in [0, 0.05) is 11.6 Å². The van der Waals surface area contributed by atoms with Crippen molar-refractivity contribution in [2.24, 2.45) is 0 Å². The standard InChI is InChI=1S/C19H19N3O4S2/c1-3-25-13-7-11(8-14(10-13)26-4-2)17(24)21-18(27)22-19-20-15-6-5-12(23)9-16(15)28-19/h5-10,23H,3-4H2,1-2H3,(H2,20,21,22,24,27). The molecule has 7 nitrogen and oxygen atoms in total. The number of carbonyl (C=O) groups is 1. The predicted molar refractivity (Wildman–Crippen MR) is 114 cm³/mol. The molecule has 1 heterocycles. The third-order valence-electron chi connectivity index (χ3n) is 3.58. The summed E-state index contributed by atoms with van der Waals surface area (Å²) < 4.78 is 11.8. The summed E-state index contributed by atoms with van der Waals surface area (Å²) >= 11 is 6.54. The molecule has 0 aliphatic rings. The lowest BCUT2D eigenvalue weighted by molar-refractivity contribution is 0.0976. The highest BCUT2D eigenvalue weighted by Crippen LogP contribution is 2.28. The van der Waals surface area contributed by atoms with Crippen molar-refractivity contribution in [3.8, 4) is 17.2 Å². The van der Waals surface area contributed by atoms with E-state index in [2.05, 4.69) is 15.6 Å². The van der Waals surface area contributed by atoms with Crippen molar-refractivity contribution >= 4 is 49.9 Å². The topological polar surface area (TPSA) is 92.7 Å². The van der Waals surface area contributed by atoms with E-state index in [4.69, 9.17) is 21.7 Å². The number of phenols is 1. The zero-order valence-corrected chi connectivity index (χ0v) is 16.9. The van der Waals surface area contributed by atoms with Crippen LogP contribution >= 0.6 is 23.6 Å². The van der Waals surface area contributed by atoms with Gasteiger partial charge in [0.1, 0.15) is 17.2 Å². The lowest BCUT2D eigenvalue weighted by Crippen LogP contribution is -2.34. The van der Waals surface area contributed by atoms with Crippen LogP contribution in [0.2, 0.25) is 0 Å². The zero-order chi connectivity index (χ0) is 20.1. The quantitative estimate of drug-likeness (QED) is 0.523. The number of hydrogen-bond donors (Lipinski definition) is 3. The molecule has 0 fully saturated rings. The first kappa shape index (κ1) is 19.8. The maximum Gasteiger partial charge on any atom is 0.257 e. The van der Waals surface area contributed by atoms with Crippen LogP contribution in [-0.4, -0.2) is 34.3 Å². The summed E-state index contributed by atoms with van der Waals surface area (Å²) in [6.07, 6.45) is 0. The molecule has 28 heavy (non-hydrogen) atoms. The molecular weight excluding hydrogens is 398 g/mol. The van der Waals surface area contributed by atoms with Crippen molar-refractivity contribution in [2.75, 3.05) is 18.5 Å². The van der Waals surface area contributed by atoms with E-state index in [9.17, 15) is 9.90 Å². The number of anilines is 1. The van der Waals surface area contributed by atoms with Crippen molar-refractivity contribution in [1.82, 2.24) is 10.3 Å². The number of amides is 1. The molecule has 0 unspecified atom stereocenters. The van der Waals surface area contributed by atoms with Crippen molar-refractivity contribution in [2.45, 2.75) is 13.8 Å². The average molecular weight is 418 g/mol. The number of fused-ring (bicyclic) bond motifs is 1. The van der Waals surface area contributed by atoms with E-state index in [1.54, 1.807) is 36.4 Å². The van der Waals surface area contributed by atoms with Crippen molar-refractivity contribution < 1.29 is 19.4 Å². The number of thiocarbonyl (C=S) groups is 1. The molecule has 1 aromatic heterocycles. The molecule has 0 spiro atoms. The number of aromatic nitrogens is 1. The molecule has 0 saturated carbocycles. The fourth-order valence-corrected chi connectivity index (χ4v) is 3.63. The van der Waals surface area contributed by atoms with Crippen LogP contribution in [-0.2, 0) is 0 Å². The summed E-state index contributed by atoms with van der Waals surface area (Å²) in [7, 11) is 0. The van der Waals surface area contributed by atoms with Gasteiger partial charge in [0.2, 0.25) is 0 Å². The molecule has 0 aliphatic heterocycles. The average Bonchev–Trinajstić information content (AvgIpc) is 3.03. The van der Waals surface area contributed by atoms with E-state index in [-0.39, 0.29) is 10.9 Å². The highest BCUT2D eigenvalue weighted by molar-refractivity contribution is 7.80. The Morgan fingerprint density at radius 3 is 2.46 bits per heavy atom. The Morgan fingerprint density at radius 2 is 1.82 bits per heavy atom. The van der Waals surface area contributed by atoms with Crippen LogP contribution in [0, 0.1) is 0 Å². The highest BCUT2D eigenvalue weighted by Gasteiger charge is 2.13. The van der Waals surface area contributed by atoms with Crippen LogP contribution < -0.4 is 20.1 Å². The lowest BCUT2D eigenvalue weighted by Gasteiger charge is -2.11. The van der Waals surface area contributed by atoms with Crippen molar-refractivity contribution in [3.63, 3.8) is 0 Å². The number of nitrogens with one attached hydrogen (secondary N) is 2. The van der Waals surface area contributed by atoms with Gasteiger partial charge in [0.05, 0.1) is 23.4 Å². The largest absolute Gasteiger partial charge is 0.508 e. The fourth-order valence-electron chi connectivity index (χ4n) is 2.47. The van der Waals surface area contributed by atoms with Crippen LogP contribution in [0.4, 0.5) is 5.13 Å².